The van der Waals surface area contributed by atoms with E-state index in [-0.39, 0.29) is 29.7 Å². The van der Waals surface area contributed by atoms with Gasteiger partial charge in [0.2, 0.25) is 0 Å². The molecule has 0 spiro atoms. The Hall–Kier alpha value is -1.36. The second-order valence-electron chi connectivity index (χ2n) is 4.61. The molecule has 0 bridgehead atoms. The van der Waals surface area contributed by atoms with E-state index < -0.39 is 11.7 Å². The van der Waals surface area contributed by atoms with Crippen molar-refractivity contribution < 1.29 is 18.0 Å². The van der Waals surface area contributed by atoms with Gasteiger partial charge < -0.3 is 5.73 Å². The highest BCUT2D eigenvalue weighted by molar-refractivity contribution is 5.96. The van der Waals surface area contributed by atoms with Crippen LogP contribution in [0.25, 0.3) is 0 Å². The van der Waals surface area contributed by atoms with Crippen molar-refractivity contribution in [3.63, 3.8) is 0 Å². The summed E-state index contributed by atoms with van der Waals surface area (Å²) in [5.41, 5.74) is 5.26. The molecular formula is C13H16F3NO. The smallest absolute Gasteiger partial charge is 0.327 e. The molecule has 0 aromatic heterocycles. The Balaban J connectivity index is 2.77. The van der Waals surface area contributed by atoms with E-state index in [1.54, 1.807) is 0 Å². The van der Waals surface area contributed by atoms with Crippen molar-refractivity contribution in [2.45, 2.75) is 32.5 Å². The summed E-state index contributed by atoms with van der Waals surface area (Å²) in [5, 5.41) is 0. The number of Topliss-reactive ketones (excluding diaryl/α,β-unsaturated/α-hetero) is 1. The lowest BCUT2D eigenvalue weighted by Crippen LogP contribution is -2.29. The fourth-order valence-corrected chi connectivity index (χ4v) is 1.41. The molecule has 100 valence electrons. The molecular weight excluding hydrogens is 243 g/mol. The van der Waals surface area contributed by atoms with Crippen LogP contribution in [0.4, 0.5) is 13.2 Å². The summed E-state index contributed by atoms with van der Waals surface area (Å²) in [5.74, 6) is -0.0756. The molecule has 1 rings (SSSR count). The third-order valence-electron chi connectivity index (χ3n) is 2.81. The summed E-state index contributed by atoms with van der Waals surface area (Å²) >= 11 is 0. The van der Waals surface area contributed by atoms with Gasteiger partial charge in [-0.25, -0.2) is 0 Å². The fraction of sp³-hybridized carbons (Fsp3) is 0.462. The summed E-state index contributed by atoms with van der Waals surface area (Å²) < 4.78 is 37.0. The lowest BCUT2D eigenvalue weighted by molar-refractivity contribution is -0.137. The lowest BCUT2D eigenvalue weighted by atomic mass is 9.96. The molecule has 0 aliphatic heterocycles. The van der Waals surface area contributed by atoms with E-state index in [1.165, 1.54) is 12.1 Å². The summed E-state index contributed by atoms with van der Waals surface area (Å²) in [6, 6.07) is 3.93. The van der Waals surface area contributed by atoms with E-state index in [1.807, 2.05) is 13.8 Å². The second kappa shape index (κ2) is 5.52. The Morgan fingerprint density at radius 1 is 1.22 bits per heavy atom. The first-order valence-electron chi connectivity index (χ1n) is 5.68. The molecule has 1 aromatic carbocycles. The van der Waals surface area contributed by atoms with Crippen molar-refractivity contribution in [1.82, 2.24) is 0 Å². The molecule has 0 fully saturated rings. The van der Waals surface area contributed by atoms with E-state index in [9.17, 15) is 18.0 Å². The van der Waals surface area contributed by atoms with Gasteiger partial charge in [-0.3, -0.25) is 4.79 Å². The quantitative estimate of drug-likeness (QED) is 0.843. The summed E-state index contributed by atoms with van der Waals surface area (Å²) in [7, 11) is 0. The zero-order valence-corrected chi connectivity index (χ0v) is 10.3. The predicted octanol–water partition coefficient (Wildman–Crippen LogP) is 3.26. The van der Waals surface area contributed by atoms with Gasteiger partial charge in [-0.05, 0) is 18.1 Å². The number of hydrogen-bond acceptors (Lipinski definition) is 2. The number of alkyl halides is 3. The average Bonchev–Trinajstić information content (AvgIpc) is 2.27. The zero-order chi connectivity index (χ0) is 13.9. The zero-order valence-electron chi connectivity index (χ0n) is 10.3. The molecule has 0 aliphatic carbocycles. The van der Waals surface area contributed by atoms with Gasteiger partial charge in [-0.15, -0.1) is 0 Å². The topological polar surface area (TPSA) is 43.1 Å². The van der Waals surface area contributed by atoms with Crippen LogP contribution in [0, 0.1) is 5.92 Å². The van der Waals surface area contributed by atoms with Gasteiger partial charge >= 0.3 is 6.18 Å². The van der Waals surface area contributed by atoms with E-state index in [4.69, 9.17) is 5.73 Å². The van der Waals surface area contributed by atoms with E-state index >= 15 is 0 Å². The minimum absolute atomic E-state index is 0.142. The van der Waals surface area contributed by atoms with Crippen LogP contribution in [0.3, 0.4) is 0 Å². The van der Waals surface area contributed by atoms with Crippen molar-refractivity contribution in [3.05, 3.63) is 35.4 Å². The minimum Gasteiger partial charge on any atom is -0.327 e. The van der Waals surface area contributed by atoms with Crippen molar-refractivity contribution in [2.75, 3.05) is 0 Å². The fourth-order valence-electron chi connectivity index (χ4n) is 1.41. The Morgan fingerprint density at radius 2 is 1.72 bits per heavy atom. The van der Waals surface area contributed by atoms with Crippen LogP contribution in [-0.4, -0.2) is 11.8 Å². The molecule has 0 heterocycles. The summed E-state index contributed by atoms with van der Waals surface area (Å²) in [6.45, 7) is 3.79. The monoisotopic (exact) mass is 259 g/mol. The predicted molar refractivity (Wildman–Crippen MR) is 63.2 cm³/mol. The largest absolute Gasteiger partial charge is 0.416 e. The number of halogens is 3. The highest BCUT2D eigenvalue weighted by atomic mass is 19.4. The van der Waals surface area contributed by atoms with Crippen LogP contribution in [0.2, 0.25) is 0 Å². The lowest BCUT2D eigenvalue weighted by Gasteiger charge is -2.14. The van der Waals surface area contributed by atoms with Crippen molar-refractivity contribution >= 4 is 5.78 Å². The molecule has 0 amide bonds. The Labute approximate surface area is 104 Å². The third-order valence-corrected chi connectivity index (χ3v) is 2.81. The maximum Gasteiger partial charge on any atom is 0.416 e. The number of carbonyl (C=O) groups excluding carboxylic acids is 1. The van der Waals surface area contributed by atoms with Crippen molar-refractivity contribution in [2.24, 2.45) is 11.7 Å². The molecule has 1 unspecified atom stereocenters. The number of benzene rings is 1. The van der Waals surface area contributed by atoms with E-state index in [0.717, 1.165) is 12.1 Å². The van der Waals surface area contributed by atoms with Gasteiger partial charge in [0.1, 0.15) is 0 Å². The Kier molecular flexibility index (Phi) is 4.51. The Bertz CT molecular complexity index is 409. The molecule has 2 nitrogen and oxygen atoms in total. The molecule has 2 N–H and O–H groups in total. The normalized spacial score (nSPS) is 13.7. The van der Waals surface area contributed by atoms with Crippen LogP contribution in [0.5, 0.6) is 0 Å². The van der Waals surface area contributed by atoms with Crippen molar-refractivity contribution in [1.29, 1.82) is 0 Å². The van der Waals surface area contributed by atoms with Crippen LogP contribution in [0.1, 0.15) is 36.2 Å². The second-order valence-corrected chi connectivity index (χ2v) is 4.61. The molecule has 5 heteroatoms. The van der Waals surface area contributed by atoms with Gasteiger partial charge in [0, 0.05) is 18.0 Å². The van der Waals surface area contributed by atoms with Gasteiger partial charge in [0.15, 0.2) is 5.78 Å². The third kappa shape index (κ3) is 3.84. The first kappa shape index (κ1) is 14.7. The summed E-state index contributed by atoms with van der Waals surface area (Å²) in [4.78, 5) is 11.8. The standard InChI is InChI=1S/C13H16F3NO/c1-8(2)11(17)7-12(18)9-3-5-10(6-4-9)13(14,15)16/h3-6,8,11H,7,17H2,1-2H3. The van der Waals surface area contributed by atoms with E-state index in [0.29, 0.717) is 0 Å². The number of carbonyl (C=O) groups is 1. The van der Waals surface area contributed by atoms with Crippen LogP contribution in [-0.2, 0) is 6.18 Å². The van der Waals surface area contributed by atoms with Gasteiger partial charge in [0.25, 0.3) is 0 Å². The first-order valence-corrected chi connectivity index (χ1v) is 5.68. The van der Waals surface area contributed by atoms with Gasteiger partial charge in [-0.1, -0.05) is 26.0 Å². The number of nitrogens with two attached hydrogens (primary N) is 1. The first-order chi connectivity index (χ1) is 8.21. The molecule has 0 radical (unpaired) electrons. The maximum absolute atomic E-state index is 12.3. The van der Waals surface area contributed by atoms with Crippen LogP contribution < -0.4 is 5.73 Å². The van der Waals surface area contributed by atoms with Crippen LogP contribution in [0.15, 0.2) is 24.3 Å². The number of ketones is 1. The molecule has 0 aliphatic rings. The molecule has 1 atom stereocenters. The number of rotatable bonds is 4. The maximum atomic E-state index is 12.3. The molecule has 0 saturated heterocycles. The highest BCUT2D eigenvalue weighted by Crippen LogP contribution is 2.29. The molecule has 0 saturated carbocycles. The molecule has 18 heavy (non-hydrogen) atoms. The van der Waals surface area contributed by atoms with Gasteiger partial charge in [-0.2, -0.15) is 13.2 Å². The Morgan fingerprint density at radius 3 is 2.11 bits per heavy atom. The average molecular weight is 259 g/mol. The molecule has 1 aromatic rings. The van der Waals surface area contributed by atoms with Crippen molar-refractivity contribution in [3.8, 4) is 0 Å². The van der Waals surface area contributed by atoms with E-state index in [2.05, 4.69) is 0 Å². The SMILES string of the molecule is CC(C)C(N)CC(=O)c1ccc(C(F)(F)F)cc1. The highest BCUT2D eigenvalue weighted by Gasteiger charge is 2.30. The minimum atomic E-state index is -4.38. The van der Waals surface area contributed by atoms with Gasteiger partial charge in [0.05, 0.1) is 5.56 Å². The summed E-state index contributed by atoms with van der Waals surface area (Å²) in [6.07, 6.45) is -4.24. The number of hydrogen-bond donors (Lipinski definition) is 1. The van der Waals surface area contributed by atoms with Crippen LogP contribution >= 0.6 is 0 Å².